The van der Waals surface area contributed by atoms with Crippen LogP contribution in [0.1, 0.15) is 12.5 Å². The summed E-state index contributed by atoms with van der Waals surface area (Å²) in [6, 6.07) is 21.8. The first-order valence-electron chi connectivity index (χ1n) is 6.50. The molecule has 4 heteroatoms. The van der Waals surface area contributed by atoms with Gasteiger partial charge in [0.2, 0.25) is 0 Å². The molecule has 0 saturated carbocycles. The number of hydrogen-bond donors (Lipinski definition) is 0. The van der Waals surface area contributed by atoms with Crippen molar-refractivity contribution in [3.05, 3.63) is 66.2 Å². The van der Waals surface area contributed by atoms with Gasteiger partial charge in [0, 0.05) is 26.2 Å². The molecule has 0 fully saturated rings. The molecular formula is C17H15Cl2Zr2-. The summed E-state index contributed by atoms with van der Waals surface area (Å²) < 4.78 is 0. The minimum absolute atomic E-state index is 0. The van der Waals surface area contributed by atoms with Gasteiger partial charge >= 0.3 is 37.9 Å². The summed E-state index contributed by atoms with van der Waals surface area (Å²) >= 11 is -0.826. The first kappa shape index (κ1) is 19.4. The van der Waals surface area contributed by atoms with Crippen LogP contribution in [0.5, 0.6) is 0 Å². The van der Waals surface area contributed by atoms with Gasteiger partial charge in [0.25, 0.3) is 0 Å². The maximum atomic E-state index is 4.93. The van der Waals surface area contributed by atoms with Crippen LogP contribution in [-0.4, -0.2) is 0 Å². The number of aryl methyl sites for hydroxylation is 1. The van der Waals surface area contributed by atoms with Crippen molar-refractivity contribution in [1.82, 2.24) is 0 Å². The third-order valence-electron chi connectivity index (χ3n) is 3.30. The van der Waals surface area contributed by atoms with Crippen LogP contribution < -0.4 is 0 Å². The van der Waals surface area contributed by atoms with Crippen LogP contribution in [0, 0.1) is 0 Å². The molecule has 0 nitrogen and oxygen atoms in total. The molecule has 0 aliphatic heterocycles. The number of fused-ring (bicyclic) bond motifs is 1. The van der Waals surface area contributed by atoms with Crippen LogP contribution in [0.2, 0.25) is 0 Å². The number of halogens is 2. The van der Waals surface area contributed by atoms with Crippen LogP contribution in [-0.2, 0) is 53.5 Å². The molecule has 21 heavy (non-hydrogen) atoms. The zero-order chi connectivity index (χ0) is 14.4. The van der Waals surface area contributed by atoms with Crippen LogP contribution in [0.25, 0.3) is 21.9 Å². The van der Waals surface area contributed by atoms with Crippen molar-refractivity contribution in [1.29, 1.82) is 0 Å². The molecule has 3 rings (SSSR count). The molecule has 3 aromatic carbocycles. The average Bonchev–Trinajstić information content (AvgIpc) is 2.92. The molecule has 106 valence electrons. The van der Waals surface area contributed by atoms with E-state index in [0.717, 1.165) is 6.42 Å². The molecule has 0 bridgehead atoms. The second-order valence-corrected chi connectivity index (χ2v) is 8.19. The number of rotatable bonds is 2. The van der Waals surface area contributed by atoms with Gasteiger partial charge in [-0.3, -0.25) is 0 Å². The van der Waals surface area contributed by atoms with E-state index in [-0.39, 0.29) is 26.2 Å². The fraction of sp³-hybridized carbons (Fsp3) is 0.118. The molecule has 3 aromatic rings. The first-order chi connectivity index (χ1) is 9.80. The minimum atomic E-state index is -0.826. The average molecular weight is 473 g/mol. The summed E-state index contributed by atoms with van der Waals surface area (Å²) in [5.74, 6) is 0. The summed E-state index contributed by atoms with van der Waals surface area (Å²) in [4.78, 5) is 0. The van der Waals surface area contributed by atoms with Crippen LogP contribution in [0.4, 0.5) is 0 Å². The molecular weight excluding hydrogens is 458 g/mol. The molecule has 0 unspecified atom stereocenters. The third kappa shape index (κ3) is 5.21. The molecule has 0 atom stereocenters. The fourth-order valence-electron chi connectivity index (χ4n) is 2.37. The van der Waals surface area contributed by atoms with Gasteiger partial charge in [-0.15, -0.1) is 34.5 Å². The van der Waals surface area contributed by atoms with Crippen molar-refractivity contribution in [2.24, 2.45) is 0 Å². The van der Waals surface area contributed by atoms with E-state index in [1.807, 2.05) is 0 Å². The second kappa shape index (κ2) is 10.2. The normalized spacial score (nSPS) is 9.48. The third-order valence-corrected chi connectivity index (χ3v) is 3.30. The van der Waals surface area contributed by atoms with Gasteiger partial charge in [-0.25, -0.2) is 0 Å². The SMILES string of the molecule is CCc1cc2c(-c3ccccc3)cccc2[cH-]1.[Cl][Zr][Cl].[Zr]. The van der Waals surface area contributed by atoms with Gasteiger partial charge in [0.15, 0.2) is 0 Å². The van der Waals surface area contributed by atoms with Gasteiger partial charge in [0.1, 0.15) is 0 Å². The summed E-state index contributed by atoms with van der Waals surface area (Å²) in [5.41, 5.74) is 4.05. The second-order valence-electron chi connectivity index (χ2n) is 4.46. The molecule has 0 saturated heterocycles. The Kier molecular flexibility index (Phi) is 9.47. The van der Waals surface area contributed by atoms with E-state index in [4.69, 9.17) is 17.0 Å². The van der Waals surface area contributed by atoms with Gasteiger partial charge in [-0.1, -0.05) is 48.9 Å². The number of hydrogen-bond acceptors (Lipinski definition) is 0. The molecule has 0 aliphatic carbocycles. The van der Waals surface area contributed by atoms with Crippen molar-refractivity contribution in [2.75, 3.05) is 0 Å². The van der Waals surface area contributed by atoms with Crippen molar-refractivity contribution in [3.8, 4) is 11.1 Å². The fourth-order valence-corrected chi connectivity index (χ4v) is 2.37. The van der Waals surface area contributed by atoms with Crippen LogP contribution >= 0.6 is 17.0 Å². The Labute approximate surface area is 164 Å². The Morgan fingerprint density at radius 1 is 1.00 bits per heavy atom. The Morgan fingerprint density at radius 3 is 2.29 bits per heavy atom. The monoisotopic (exact) mass is 469 g/mol. The van der Waals surface area contributed by atoms with E-state index in [1.165, 1.54) is 27.5 Å². The molecule has 0 amide bonds. The van der Waals surface area contributed by atoms with E-state index in [9.17, 15) is 0 Å². The van der Waals surface area contributed by atoms with E-state index >= 15 is 0 Å². The summed E-state index contributed by atoms with van der Waals surface area (Å²) in [7, 11) is 9.87. The summed E-state index contributed by atoms with van der Waals surface area (Å²) in [6.07, 6.45) is 1.10. The van der Waals surface area contributed by atoms with E-state index in [1.54, 1.807) is 0 Å². The van der Waals surface area contributed by atoms with Crippen molar-refractivity contribution in [2.45, 2.75) is 13.3 Å². The van der Waals surface area contributed by atoms with Gasteiger partial charge in [0.05, 0.1) is 0 Å². The van der Waals surface area contributed by atoms with E-state index < -0.39 is 20.8 Å². The molecule has 0 radical (unpaired) electrons. The topological polar surface area (TPSA) is 0 Å². The van der Waals surface area contributed by atoms with E-state index in [0.29, 0.717) is 0 Å². The molecule has 0 aromatic heterocycles. The Morgan fingerprint density at radius 2 is 1.67 bits per heavy atom. The Balaban J connectivity index is 0.000000510. The molecule has 0 aliphatic rings. The van der Waals surface area contributed by atoms with Crippen molar-refractivity contribution < 1.29 is 47.1 Å². The predicted octanol–water partition coefficient (Wildman–Crippen LogP) is 6.16. The molecule has 0 heterocycles. The smallest absolute Gasteiger partial charge is 0 e. The maximum Gasteiger partial charge on any atom is 0 e. The maximum absolute atomic E-state index is 4.93. The standard InChI is InChI=1S/C17H15.2ClH.2Zr/c1-2-13-11-15-9-6-10-16(17(15)12-13)14-7-4-3-5-8-14;;;;/h3-12H,2H2,1H3;2*1H;;/q-1;;;;+2/p-2. The van der Waals surface area contributed by atoms with Crippen molar-refractivity contribution in [3.63, 3.8) is 0 Å². The quantitative estimate of drug-likeness (QED) is 0.392. The number of benzene rings is 2. The molecule has 0 N–H and O–H groups in total. The van der Waals surface area contributed by atoms with Gasteiger partial charge < -0.3 is 0 Å². The Bertz CT molecular complexity index is 663. The van der Waals surface area contributed by atoms with Crippen LogP contribution in [0.15, 0.2) is 60.7 Å². The minimum Gasteiger partial charge on any atom is 0 e. The van der Waals surface area contributed by atoms with Gasteiger partial charge in [-0.2, -0.15) is 6.07 Å². The van der Waals surface area contributed by atoms with Crippen molar-refractivity contribution >= 4 is 27.8 Å². The van der Waals surface area contributed by atoms with Gasteiger partial charge in [-0.05, 0) is 12.0 Å². The zero-order valence-electron chi connectivity index (χ0n) is 11.7. The predicted molar refractivity (Wildman–Crippen MR) is 86.1 cm³/mol. The summed E-state index contributed by atoms with van der Waals surface area (Å²) in [6.45, 7) is 2.20. The Hall–Kier alpha value is 0.396. The first-order valence-corrected chi connectivity index (χ1v) is 12.8. The summed E-state index contributed by atoms with van der Waals surface area (Å²) in [5, 5.41) is 2.72. The van der Waals surface area contributed by atoms with Crippen LogP contribution in [0.3, 0.4) is 0 Å². The van der Waals surface area contributed by atoms with E-state index in [2.05, 4.69) is 67.6 Å². The molecule has 0 spiro atoms. The zero-order valence-corrected chi connectivity index (χ0v) is 18.2. The largest absolute Gasteiger partial charge is 0 e.